The maximum Gasteiger partial charge on any atom is 0.170 e. The summed E-state index contributed by atoms with van der Waals surface area (Å²) in [6.45, 7) is 2.48. The van der Waals surface area contributed by atoms with E-state index in [-0.39, 0.29) is 0 Å². The van der Waals surface area contributed by atoms with Gasteiger partial charge in [-0.3, -0.25) is 4.98 Å². The Kier molecular flexibility index (Phi) is 5.01. The van der Waals surface area contributed by atoms with Gasteiger partial charge in [0.15, 0.2) is 5.76 Å². The number of benzene rings is 1. The second-order valence-corrected chi connectivity index (χ2v) is 6.55. The molecule has 4 aromatic rings. The summed E-state index contributed by atoms with van der Waals surface area (Å²) in [5.74, 6) is 1.84. The van der Waals surface area contributed by atoms with E-state index < -0.39 is 0 Å². The Morgan fingerprint density at radius 1 is 0.964 bits per heavy atom. The van der Waals surface area contributed by atoms with Crippen LogP contribution in [0.15, 0.2) is 71.5 Å². The van der Waals surface area contributed by atoms with Crippen molar-refractivity contribution < 1.29 is 9.26 Å². The highest BCUT2D eigenvalue weighted by molar-refractivity contribution is 5.69. The summed E-state index contributed by atoms with van der Waals surface area (Å²) >= 11 is 0. The average molecular weight is 372 g/mol. The molecule has 0 saturated heterocycles. The minimum absolute atomic E-state index is 0.426. The van der Waals surface area contributed by atoms with Crippen molar-refractivity contribution in [2.24, 2.45) is 0 Å². The molecule has 0 saturated carbocycles. The minimum Gasteiger partial charge on any atom is -0.487 e. The number of nitrogen functional groups attached to an aromatic ring is 1. The lowest BCUT2D eigenvalue weighted by atomic mass is 10.1. The first-order valence-corrected chi connectivity index (χ1v) is 8.97. The first-order chi connectivity index (χ1) is 13.7. The minimum atomic E-state index is 0.426. The molecule has 1 aromatic carbocycles. The molecule has 0 aliphatic rings. The predicted molar refractivity (Wildman–Crippen MR) is 107 cm³/mol. The SMILES string of the molecule is Cc1ccnc(COc2ccc(Cc3cc(-c4cccnc4N)on3)cc2)c1. The van der Waals surface area contributed by atoms with E-state index in [0.29, 0.717) is 24.6 Å². The molecule has 3 aromatic heterocycles. The lowest BCUT2D eigenvalue weighted by Gasteiger charge is -2.07. The van der Waals surface area contributed by atoms with Crippen LogP contribution in [0.5, 0.6) is 5.75 Å². The van der Waals surface area contributed by atoms with Gasteiger partial charge in [-0.15, -0.1) is 0 Å². The van der Waals surface area contributed by atoms with E-state index in [1.54, 1.807) is 12.4 Å². The van der Waals surface area contributed by atoms with Crippen molar-refractivity contribution in [1.29, 1.82) is 0 Å². The third kappa shape index (κ3) is 4.17. The van der Waals surface area contributed by atoms with Gasteiger partial charge in [0, 0.05) is 24.9 Å². The molecule has 0 bridgehead atoms. The summed E-state index contributed by atoms with van der Waals surface area (Å²) in [5.41, 5.74) is 10.7. The zero-order chi connectivity index (χ0) is 19.3. The molecular weight excluding hydrogens is 352 g/mol. The van der Waals surface area contributed by atoms with E-state index in [9.17, 15) is 0 Å². The number of aryl methyl sites for hydroxylation is 1. The molecule has 0 spiro atoms. The summed E-state index contributed by atoms with van der Waals surface area (Å²) in [6, 6.07) is 17.5. The lowest BCUT2D eigenvalue weighted by molar-refractivity contribution is 0.301. The van der Waals surface area contributed by atoms with E-state index in [1.807, 2.05) is 61.5 Å². The Morgan fingerprint density at radius 3 is 2.61 bits per heavy atom. The van der Waals surface area contributed by atoms with Crippen molar-refractivity contribution in [3.63, 3.8) is 0 Å². The number of ether oxygens (including phenoxy) is 1. The number of aromatic nitrogens is 3. The molecule has 0 aliphatic carbocycles. The summed E-state index contributed by atoms with van der Waals surface area (Å²) in [7, 11) is 0. The molecule has 0 fully saturated rings. The van der Waals surface area contributed by atoms with Gasteiger partial charge in [0.05, 0.1) is 17.0 Å². The first-order valence-electron chi connectivity index (χ1n) is 8.97. The van der Waals surface area contributed by atoms with Crippen LogP contribution in [-0.2, 0) is 13.0 Å². The zero-order valence-corrected chi connectivity index (χ0v) is 15.5. The van der Waals surface area contributed by atoms with Gasteiger partial charge in [0.2, 0.25) is 0 Å². The molecule has 0 amide bonds. The molecule has 6 nitrogen and oxygen atoms in total. The van der Waals surface area contributed by atoms with Gasteiger partial charge in [-0.2, -0.15) is 0 Å². The molecule has 0 atom stereocenters. The fraction of sp³-hybridized carbons (Fsp3) is 0.136. The molecule has 140 valence electrons. The monoisotopic (exact) mass is 372 g/mol. The Bertz CT molecular complexity index is 1070. The highest BCUT2D eigenvalue weighted by Crippen LogP contribution is 2.25. The fourth-order valence-corrected chi connectivity index (χ4v) is 2.90. The maximum absolute atomic E-state index is 5.89. The van der Waals surface area contributed by atoms with Gasteiger partial charge in [0.25, 0.3) is 0 Å². The number of hydrogen-bond acceptors (Lipinski definition) is 6. The van der Waals surface area contributed by atoms with Crippen LogP contribution in [0.25, 0.3) is 11.3 Å². The molecular formula is C22H20N4O2. The Labute approximate surface area is 163 Å². The van der Waals surface area contributed by atoms with Gasteiger partial charge >= 0.3 is 0 Å². The largest absolute Gasteiger partial charge is 0.487 e. The smallest absolute Gasteiger partial charge is 0.170 e. The molecule has 28 heavy (non-hydrogen) atoms. The van der Waals surface area contributed by atoms with E-state index in [0.717, 1.165) is 28.3 Å². The standard InChI is InChI=1S/C22H20N4O2/c1-15-8-10-24-18(11-15)14-27-19-6-4-16(5-7-19)12-17-13-21(28-26-17)20-3-2-9-25-22(20)23/h2-11,13H,12,14H2,1H3,(H2,23,25). The van der Waals surface area contributed by atoms with Gasteiger partial charge in [-0.1, -0.05) is 17.3 Å². The maximum atomic E-state index is 5.89. The Balaban J connectivity index is 1.39. The van der Waals surface area contributed by atoms with Gasteiger partial charge < -0.3 is 15.0 Å². The van der Waals surface area contributed by atoms with Gasteiger partial charge in [0.1, 0.15) is 18.2 Å². The van der Waals surface area contributed by atoms with Crippen molar-refractivity contribution in [3.8, 4) is 17.1 Å². The van der Waals surface area contributed by atoms with Crippen LogP contribution < -0.4 is 10.5 Å². The number of nitrogens with two attached hydrogens (primary N) is 1. The quantitative estimate of drug-likeness (QED) is 0.546. The predicted octanol–water partition coefficient (Wildman–Crippen LogP) is 4.19. The van der Waals surface area contributed by atoms with E-state index in [1.165, 1.54) is 5.56 Å². The second-order valence-electron chi connectivity index (χ2n) is 6.55. The first kappa shape index (κ1) is 17.7. The highest BCUT2D eigenvalue weighted by Gasteiger charge is 2.10. The van der Waals surface area contributed by atoms with Crippen molar-refractivity contribution in [2.45, 2.75) is 20.0 Å². The molecule has 6 heteroatoms. The van der Waals surface area contributed by atoms with Crippen LogP contribution in [-0.4, -0.2) is 15.1 Å². The number of hydrogen-bond donors (Lipinski definition) is 1. The topological polar surface area (TPSA) is 87.1 Å². The van der Waals surface area contributed by atoms with Crippen LogP contribution in [0.2, 0.25) is 0 Å². The van der Waals surface area contributed by atoms with Crippen LogP contribution in [0.4, 0.5) is 5.82 Å². The van der Waals surface area contributed by atoms with Crippen molar-refractivity contribution >= 4 is 5.82 Å². The number of anilines is 1. The molecule has 3 heterocycles. The van der Waals surface area contributed by atoms with Crippen molar-refractivity contribution in [2.75, 3.05) is 5.73 Å². The summed E-state index contributed by atoms with van der Waals surface area (Å²) < 4.78 is 11.2. The molecule has 0 unspecified atom stereocenters. The molecule has 0 radical (unpaired) electrons. The van der Waals surface area contributed by atoms with Crippen LogP contribution in [0, 0.1) is 6.92 Å². The summed E-state index contributed by atoms with van der Waals surface area (Å²) in [5, 5.41) is 4.14. The Hall–Kier alpha value is -3.67. The summed E-state index contributed by atoms with van der Waals surface area (Å²) in [6.07, 6.45) is 4.10. The second kappa shape index (κ2) is 7.92. The van der Waals surface area contributed by atoms with E-state index in [2.05, 4.69) is 15.1 Å². The number of pyridine rings is 2. The molecule has 4 rings (SSSR count). The van der Waals surface area contributed by atoms with Crippen LogP contribution >= 0.6 is 0 Å². The van der Waals surface area contributed by atoms with Crippen molar-refractivity contribution in [3.05, 3.63) is 89.5 Å². The van der Waals surface area contributed by atoms with Crippen molar-refractivity contribution in [1.82, 2.24) is 15.1 Å². The third-order valence-electron chi connectivity index (χ3n) is 4.33. The van der Waals surface area contributed by atoms with Gasteiger partial charge in [-0.05, 0) is 54.4 Å². The zero-order valence-electron chi connectivity index (χ0n) is 15.5. The van der Waals surface area contributed by atoms with Gasteiger partial charge in [-0.25, -0.2) is 4.98 Å². The van der Waals surface area contributed by atoms with Crippen LogP contribution in [0.3, 0.4) is 0 Å². The fourth-order valence-electron chi connectivity index (χ4n) is 2.90. The number of nitrogens with zero attached hydrogens (tertiary/aromatic N) is 3. The lowest BCUT2D eigenvalue weighted by Crippen LogP contribution is -1.98. The summed E-state index contributed by atoms with van der Waals surface area (Å²) in [4.78, 5) is 8.38. The van der Waals surface area contributed by atoms with E-state index in [4.69, 9.17) is 15.0 Å². The average Bonchev–Trinajstić information content (AvgIpc) is 3.16. The third-order valence-corrected chi connectivity index (χ3v) is 4.33. The molecule has 2 N–H and O–H groups in total. The molecule has 0 aliphatic heterocycles. The normalized spacial score (nSPS) is 10.8. The van der Waals surface area contributed by atoms with Crippen LogP contribution in [0.1, 0.15) is 22.5 Å². The Morgan fingerprint density at radius 2 is 1.82 bits per heavy atom. The highest BCUT2D eigenvalue weighted by atomic mass is 16.5. The van der Waals surface area contributed by atoms with E-state index >= 15 is 0 Å². The number of rotatable bonds is 6.